The van der Waals surface area contributed by atoms with Gasteiger partial charge in [0.05, 0.1) is 61.0 Å². The number of nitrogens with zero attached hydrogens (tertiary/aromatic N) is 12. The molecular formula is C55H86B2Br6N12Ni2O3. The predicted molar refractivity (Wildman–Crippen MR) is 341 cm³/mol. The summed E-state index contributed by atoms with van der Waals surface area (Å²) in [7, 11) is -3.22. The quantitative estimate of drug-likeness (QED) is 0.0760. The van der Waals surface area contributed by atoms with Gasteiger partial charge in [0.25, 0.3) is 0 Å². The molecule has 6 rings (SSSR count). The first-order chi connectivity index (χ1) is 36.0. The monoisotopic (exact) mass is 1570 g/mol. The van der Waals surface area contributed by atoms with Crippen molar-refractivity contribution < 1.29 is 48.0 Å². The van der Waals surface area contributed by atoms with E-state index >= 15 is 0 Å². The van der Waals surface area contributed by atoms with Crippen LogP contribution in [0.3, 0.4) is 0 Å². The molecule has 25 heteroatoms. The summed E-state index contributed by atoms with van der Waals surface area (Å²) in [6, 6.07) is 0. The van der Waals surface area contributed by atoms with Crippen molar-refractivity contribution in [1.82, 2.24) is 58.1 Å². The van der Waals surface area contributed by atoms with Crippen molar-refractivity contribution in [3.05, 3.63) is 95.2 Å². The first-order valence-corrected chi connectivity index (χ1v) is 32.6. The molecule has 0 aliphatic carbocycles. The van der Waals surface area contributed by atoms with Crippen LogP contribution in [0.15, 0.2) is 26.8 Å². The molecule has 6 aromatic heterocycles. The van der Waals surface area contributed by atoms with E-state index in [1.165, 1.54) is 34.2 Å². The van der Waals surface area contributed by atoms with Crippen molar-refractivity contribution in [1.29, 1.82) is 0 Å². The summed E-state index contributed by atoms with van der Waals surface area (Å²) < 4.78 is 20.0. The van der Waals surface area contributed by atoms with Gasteiger partial charge in [-0.1, -0.05) is 166 Å². The number of carboxylic acid groups (broad SMARTS) is 2. The molecule has 0 spiro atoms. The zero-order valence-electron chi connectivity index (χ0n) is 51.3. The van der Waals surface area contributed by atoms with Gasteiger partial charge in [0.15, 0.2) is 0 Å². The molecule has 0 radical (unpaired) electrons. The summed E-state index contributed by atoms with van der Waals surface area (Å²) in [5.74, 6) is 3.31. The largest absolute Gasteiger partial charge is 2.00 e. The normalized spacial score (nSPS) is 12.2. The minimum absolute atomic E-state index is 0. The number of hydrogen-bond acceptors (Lipinski definition) is 9. The van der Waals surface area contributed by atoms with E-state index in [9.17, 15) is 0 Å². The van der Waals surface area contributed by atoms with Crippen molar-refractivity contribution in [2.24, 2.45) is 0 Å². The van der Waals surface area contributed by atoms with Crippen LogP contribution in [-0.4, -0.2) is 78.5 Å². The van der Waals surface area contributed by atoms with Crippen LogP contribution in [0.4, 0.5) is 4.79 Å². The van der Waals surface area contributed by atoms with Crippen LogP contribution >= 0.6 is 95.6 Å². The summed E-state index contributed by atoms with van der Waals surface area (Å²) in [6.45, 7) is 53.3. The predicted octanol–water partition coefficient (Wildman–Crippen LogP) is 15.5. The van der Waals surface area contributed by atoms with Gasteiger partial charge in [-0.2, -0.15) is 0 Å². The van der Waals surface area contributed by atoms with Crippen molar-refractivity contribution in [2.75, 3.05) is 0 Å². The Balaban J connectivity index is 0.000000500. The minimum atomic E-state index is -2.33. The number of aromatic nitrogens is 12. The van der Waals surface area contributed by atoms with E-state index in [0.29, 0.717) is 0 Å². The molecular weight excluding hydrogens is 1500 g/mol. The maximum atomic E-state index is 8.33. The molecule has 452 valence electrons. The Bertz CT molecular complexity index is 2520. The number of carbonyl (C=O) groups excluding carboxylic acids is 1. The third-order valence-electron chi connectivity index (χ3n) is 13.9. The Kier molecular flexibility index (Phi) is 28.7. The first-order valence-electron chi connectivity index (χ1n) is 27.8. The number of carbonyl (C=O) groups is 1. The van der Waals surface area contributed by atoms with E-state index in [-0.39, 0.29) is 104 Å². The van der Waals surface area contributed by atoms with Crippen molar-refractivity contribution in [3.63, 3.8) is 0 Å². The Hall–Kier alpha value is -1.47. The molecule has 0 fully saturated rings. The molecule has 80 heavy (non-hydrogen) atoms. The van der Waals surface area contributed by atoms with Gasteiger partial charge in [0.1, 0.15) is 0 Å². The zero-order chi connectivity index (χ0) is 59.8. The van der Waals surface area contributed by atoms with E-state index < -0.39 is 20.4 Å². The third kappa shape index (κ3) is 15.7. The van der Waals surface area contributed by atoms with Crippen molar-refractivity contribution in [2.45, 2.75) is 237 Å². The SMILES string of the molecule is CC(C)c1nn([BH-](n2nc(C(C)C)c(Br)c2C(C)C)n2nc(C(C)C)c(Br)c2C(C)C)c(C(C)C)c1Br.CC(C)c1nn([BH-](n2nc(C(C)C)c(Br)c2C(C)C)n2nc(C(C)C)c(Br)c2C(C)C)c(C(C)C)c1Br.O=C([O-])[O-].[Ni+2].[Ni+2]. The molecule has 15 nitrogen and oxygen atoms in total. The second-order valence-corrected chi connectivity index (χ2v) is 29.2. The summed E-state index contributed by atoms with van der Waals surface area (Å²) in [6.07, 6.45) is -2.33. The number of halogens is 6. The minimum Gasteiger partial charge on any atom is -0.652 e. The fraction of sp³-hybridized carbons (Fsp3) is 0.655. The molecule has 0 N–H and O–H groups in total. The van der Waals surface area contributed by atoms with Crippen molar-refractivity contribution >= 4 is 116 Å². The van der Waals surface area contributed by atoms with Crippen LogP contribution in [0.25, 0.3) is 0 Å². The molecule has 6 heterocycles. The molecule has 0 bridgehead atoms. The summed E-state index contributed by atoms with van der Waals surface area (Å²) in [5, 5.41) is 48.5. The van der Waals surface area contributed by atoms with E-state index in [1.54, 1.807) is 0 Å². The Morgan fingerprint density at radius 3 is 0.463 bits per heavy atom. The summed E-state index contributed by atoms with van der Waals surface area (Å²) >= 11 is 23.7. The fourth-order valence-corrected chi connectivity index (χ4v) is 17.6. The fourth-order valence-electron chi connectivity index (χ4n) is 10.4. The molecule has 0 amide bonds. The molecule has 0 atom stereocenters. The molecule has 0 aliphatic heterocycles. The topological polar surface area (TPSA) is 170 Å². The second kappa shape index (κ2) is 30.7. The van der Waals surface area contributed by atoms with Gasteiger partial charge >= 0.3 is 47.2 Å². The van der Waals surface area contributed by atoms with Gasteiger partial charge in [-0.05, 0) is 173 Å². The van der Waals surface area contributed by atoms with Gasteiger partial charge in [-0.3, -0.25) is 0 Å². The van der Waals surface area contributed by atoms with E-state index in [4.69, 9.17) is 45.6 Å². The van der Waals surface area contributed by atoms with E-state index in [2.05, 4.69) is 289 Å². The van der Waals surface area contributed by atoms with Gasteiger partial charge in [-0.25, -0.2) is 30.6 Å². The summed E-state index contributed by atoms with van der Waals surface area (Å²) in [5.41, 5.74) is 13.5. The summed E-state index contributed by atoms with van der Waals surface area (Å²) in [4.78, 5) is 8.33. The number of hydrogen-bond donors (Lipinski definition) is 0. The van der Waals surface area contributed by atoms with Crippen LogP contribution in [0.5, 0.6) is 0 Å². The molecule has 0 unspecified atom stereocenters. The second-order valence-electron chi connectivity index (χ2n) is 24.5. The average molecular weight is 1580 g/mol. The Morgan fingerprint density at radius 2 is 0.388 bits per heavy atom. The van der Waals surface area contributed by atoms with Gasteiger partial charge in [0, 0.05) is 34.2 Å². The van der Waals surface area contributed by atoms with Crippen molar-refractivity contribution in [3.8, 4) is 0 Å². The van der Waals surface area contributed by atoms with Crippen LogP contribution < -0.4 is 10.2 Å². The van der Waals surface area contributed by atoms with Crippen LogP contribution in [0.1, 0.15) is 306 Å². The maximum Gasteiger partial charge on any atom is 2.00 e. The van der Waals surface area contributed by atoms with Crippen LogP contribution in [0.2, 0.25) is 0 Å². The molecule has 0 saturated heterocycles. The number of rotatable bonds is 18. The molecule has 0 saturated carbocycles. The molecule has 0 aromatic carbocycles. The first kappa shape index (κ1) is 74.6. The van der Waals surface area contributed by atoms with E-state index in [0.717, 1.165) is 61.0 Å². The third-order valence-corrected chi connectivity index (χ3v) is 18.8. The average Bonchev–Trinajstić information content (AvgIpc) is 4.13. The van der Waals surface area contributed by atoms with Gasteiger partial charge < -0.3 is 42.6 Å². The maximum absolute atomic E-state index is 8.33. The molecule has 0 aliphatic rings. The van der Waals surface area contributed by atoms with E-state index in [1.807, 2.05) is 0 Å². The van der Waals surface area contributed by atoms with Gasteiger partial charge in [-0.15, -0.1) is 0 Å². The van der Waals surface area contributed by atoms with Crippen LogP contribution in [-0.2, 0) is 33.0 Å². The zero-order valence-corrected chi connectivity index (χ0v) is 62.8. The smallest absolute Gasteiger partial charge is 0.652 e. The Morgan fingerprint density at radius 1 is 0.287 bits per heavy atom. The van der Waals surface area contributed by atoms with Crippen LogP contribution in [0, 0.1) is 0 Å². The molecule has 6 aromatic rings. The Labute approximate surface area is 549 Å². The standard InChI is InChI=1S/2C27H43BBr3N6.CH2O3.2Ni/c2*1-13(2)22-19(29)25(16(7)8)35(32-22)28(36-26(17(9)10)20(30)23(33-36)14(3)4)37-27(18(11)12)21(31)24(34-37)15(5)6;2-1(3)4;;/h2*13-18,28H,1-12H3;(H2,2,3,4);;/q2*-1;;2*+2/p-2. The van der Waals surface area contributed by atoms with Gasteiger partial charge in [0.2, 0.25) is 0 Å².